The number of anilines is 1. The van der Waals surface area contributed by atoms with Gasteiger partial charge in [-0.1, -0.05) is 17.7 Å². The van der Waals surface area contributed by atoms with Crippen molar-refractivity contribution in [2.24, 2.45) is 7.05 Å². The average molecular weight is 380 g/mol. The number of aromatic nitrogens is 1. The van der Waals surface area contributed by atoms with Gasteiger partial charge in [-0.15, -0.1) is 0 Å². The van der Waals surface area contributed by atoms with Gasteiger partial charge in [0.15, 0.2) is 5.75 Å². The molecule has 0 spiro atoms. The van der Waals surface area contributed by atoms with Gasteiger partial charge in [-0.05, 0) is 24.1 Å². The summed E-state index contributed by atoms with van der Waals surface area (Å²) in [7, 11) is 5.13. The summed E-state index contributed by atoms with van der Waals surface area (Å²) in [6.07, 6.45) is 0.491. The monoisotopic (exact) mass is 379 g/mol. The zero-order valence-corrected chi connectivity index (χ0v) is 15.5. The standard InChI is InChI=1S/C18H19ClFN3O3/c1-21(2)16-11-6-7-23(9-10-4-5-13(20)12(19)8-10)17(25)14(11)15(24)18(26)22(16)3/h4-5,8,24H,6-7,9H2,1-3H3. The molecule has 1 amide bonds. The molecule has 1 aliphatic heterocycles. The first-order valence-corrected chi connectivity index (χ1v) is 8.45. The lowest BCUT2D eigenvalue weighted by atomic mass is 9.97. The van der Waals surface area contributed by atoms with Gasteiger partial charge in [-0.3, -0.25) is 14.2 Å². The molecule has 1 aliphatic rings. The molecule has 0 atom stereocenters. The lowest BCUT2D eigenvalue weighted by Gasteiger charge is -2.32. The fraction of sp³-hybridized carbons (Fsp3) is 0.333. The third-order valence-electron chi connectivity index (χ3n) is 4.55. The molecule has 1 aromatic heterocycles. The number of aromatic hydroxyl groups is 1. The van der Waals surface area contributed by atoms with Gasteiger partial charge in [0.1, 0.15) is 11.6 Å². The Hall–Kier alpha value is -2.54. The molecule has 0 bridgehead atoms. The summed E-state index contributed by atoms with van der Waals surface area (Å²) in [5.41, 5.74) is 0.737. The SMILES string of the molecule is CN(C)c1c2c(c(O)c(=O)n1C)C(=O)N(Cc1ccc(F)c(Cl)c1)CC2. The zero-order valence-electron chi connectivity index (χ0n) is 14.7. The third kappa shape index (κ3) is 2.92. The number of carbonyl (C=O) groups is 1. The molecule has 2 heterocycles. The fourth-order valence-corrected chi connectivity index (χ4v) is 3.58. The highest BCUT2D eigenvalue weighted by molar-refractivity contribution is 6.30. The van der Waals surface area contributed by atoms with E-state index in [1.807, 2.05) is 0 Å². The predicted molar refractivity (Wildman–Crippen MR) is 97.5 cm³/mol. The molecule has 1 aromatic carbocycles. The van der Waals surface area contributed by atoms with Crippen molar-refractivity contribution in [1.29, 1.82) is 0 Å². The zero-order chi connectivity index (χ0) is 19.2. The minimum atomic E-state index is -0.618. The van der Waals surface area contributed by atoms with Gasteiger partial charge in [0.2, 0.25) is 0 Å². The van der Waals surface area contributed by atoms with E-state index >= 15 is 0 Å². The number of amides is 1. The number of halogens is 2. The van der Waals surface area contributed by atoms with Crippen LogP contribution in [0.4, 0.5) is 10.2 Å². The summed E-state index contributed by atoms with van der Waals surface area (Å²) >= 11 is 5.80. The van der Waals surface area contributed by atoms with Crippen molar-refractivity contribution in [1.82, 2.24) is 9.47 Å². The minimum absolute atomic E-state index is 0.0148. The van der Waals surface area contributed by atoms with Gasteiger partial charge in [0.05, 0.1) is 10.6 Å². The van der Waals surface area contributed by atoms with Crippen LogP contribution in [0.2, 0.25) is 5.02 Å². The van der Waals surface area contributed by atoms with Crippen LogP contribution in [0.3, 0.4) is 0 Å². The molecule has 8 heteroatoms. The summed E-state index contributed by atoms with van der Waals surface area (Å²) in [4.78, 5) is 28.5. The van der Waals surface area contributed by atoms with Crippen molar-refractivity contribution < 1.29 is 14.3 Å². The Morgan fingerprint density at radius 3 is 2.62 bits per heavy atom. The number of fused-ring (bicyclic) bond motifs is 1. The van der Waals surface area contributed by atoms with Crippen molar-refractivity contribution >= 4 is 23.3 Å². The average Bonchev–Trinajstić information content (AvgIpc) is 2.58. The van der Waals surface area contributed by atoms with Crippen molar-refractivity contribution in [3.8, 4) is 5.75 Å². The molecule has 1 N–H and O–H groups in total. The van der Waals surface area contributed by atoms with Crippen LogP contribution in [0, 0.1) is 5.82 Å². The molecule has 0 aliphatic carbocycles. The van der Waals surface area contributed by atoms with Gasteiger partial charge in [-0.2, -0.15) is 0 Å². The molecule has 6 nitrogen and oxygen atoms in total. The van der Waals surface area contributed by atoms with E-state index in [-0.39, 0.29) is 17.1 Å². The molecule has 0 radical (unpaired) electrons. The van der Waals surface area contributed by atoms with Crippen LogP contribution in [0.1, 0.15) is 21.5 Å². The largest absolute Gasteiger partial charge is 0.502 e. The normalized spacial score (nSPS) is 13.7. The van der Waals surface area contributed by atoms with Gasteiger partial charge >= 0.3 is 0 Å². The number of hydrogen-bond donors (Lipinski definition) is 1. The molecule has 26 heavy (non-hydrogen) atoms. The Kier molecular flexibility index (Phi) is 4.66. The van der Waals surface area contributed by atoms with Crippen LogP contribution in [0.15, 0.2) is 23.0 Å². The molecule has 0 saturated heterocycles. The quantitative estimate of drug-likeness (QED) is 0.887. The second-order valence-electron chi connectivity index (χ2n) is 6.51. The number of benzene rings is 1. The summed E-state index contributed by atoms with van der Waals surface area (Å²) in [6, 6.07) is 4.27. The molecule has 138 valence electrons. The first kappa shape index (κ1) is 18.3. The Morgan fingerprint density at radius 2 is 2.00 bits per heavy atom. The maximum atomic E-state index is 13.3. The predicted octanol–water partition coefficient (Wildman–Crippen LogP) is 2.15. The maximum Gasteiger partial charge on any atom is 0.294 e. The van der Waals surface area contributed by atoms with Gasteiger partial charge < -0.3 is 14.9 Å². The van der Waals surface area contributed by atoms with E-state index in [0.717, 1.165) is 0 Å². The van der Waals surface area contributed by atoms with Gasteiger partial charge in [0, 0.05) is 39.8 Å². The van der Waals surface area contributed by atoms with Crippen LogP contribution < -0.4 is 10.5 Å². The van der Waals surface area contributed by atoms with E-state index in [9.17, 15) is 19.1 Å². The fourth-order valence-electron chi connectivity index (χ4n) is 3.37. The number of hydrogen-bond acceptors (Lipinski definition) is 4. The highest BCUT2D eigenvalue weighted by Gasteiger charge is 2.33. The van der Waals surface area contributed by atoms with Crippen LogP contribution in [-0.4, -0.2) is 41.1 Å². The summed E-state index contributed by atoms with van der Waals surface area (Å²) in [5, 5.41) is 10.3. The number of nitrogens with zero attached hydrogens (tertiary/aromatic N) is 3. The number of pyridine rings is 1. The van der Waals surface area contributed by atoms with Crippen LogP contribution in [-0.2, 0) is 20.0 Å². The Balaban J connectivity index is 2.02. The molecule has 2 aromatic rings. The maximum absolute atomic E-state index is 13.3. The molecular weight excluding hydrogens is 361 g/mol. The number of rotatable bonds is 3. The van der Waals surface area contributed by atoms with Crippen LogP contribution >= 0.6 is 11.6 Å². The molecule has 0 saturated carbocycles. The van der Waals surface area contributed by atoms with Crippen molar-refractivity contribution in [3.05, 3.63) is 56.1 Å². The van der Waals surface area contributed by atoms with Gasteiger partial charge in [-0.25, -0.2) is 4.39 Å². The van der Waals surface area contributed by atoms with E-state index in [0.29, 0.717) is 29.9 Å². The first-order valence-electron chi connectivity index (χ1n) is 8.07. The van der Waals surface area contributed by atoms with E-state index < -0.39 is 23.0 Å². The van der Waals surface area contributed by atoms with Crippen molar-refractivity contribution in [3.63, 3.8) is 0 Å². The highest BCUT2D eigenvalue weighted by Crippen LogP contribution is 2.32. The minimum Gasteiger partial charge on any atom is -0.502 e. The second-order valence-corrected chi connectivity index (χ2v) is 6.92. The van der Waals surface area contributed by atoms with E-state index in [1.165, 1.54) is 21.6 Å². The van der Waals surface area contributed by atoms with Crippen LogP contribution in [0.25, 0.3) is 0 Å². The number of carbonyl (C=O) groups excluding carboxylic acids is 1. The summed E-state index contributed by atoms with van der Waals surface area (Å²) in [5.74, 6) is -0.895. The van der Waals surface area contributed by atoms with E-state index in [2.05, 4.69) is 0 Å². The van der Waals surface area contributed by atoms with Crippen molar-refractivity contribution in [2.45, 2.75) is 13.0 Å². The van der Waals surface area contributed by atoms with Gasteiger partial charge in [0.25, 0.3) is 11.5 Å². The lowest BCUT2D eigenvalue weighted by Crippen LogP contribution is -2.40. The molecular formula is C18H19ClFN3O3. The molecule has 0 fully saturated rings. The third-order valence-corrected chi connectivity index (χ3v) is 4.84. The topological polar surface area (TPSA) is 65.8 Å². The Bertz CT molecular complexity index is 956. The van der Waals surface area contributed by atoms with Crippen LogP contribution in [0.5, 0.6) is 5.75 Å². The second kappa shape index (κ2) is 6.64. The van der Waals surface area contributed by atoms with Crippen molar-refractivity contribution in [2.75, 3.05) is 25.5 Å². The smallest absolute Gasteiger partial charge is 0.294 e. The lowest BCUT2D eigenvalue weighted by molar-refractivity contribution is 0.0722. The van der Waals surface area contributed by atoms with E-state index in [4.69, 9.17) is 11.6 Å². The Labute approximate surface area is 155 Å². The molecule has 0 unspecified atom stereocenters. The molecule has 3 rings (SSSR count). The highest BCUT2D eigenvalue weighted by atomic mass is 35.5. The first-order chi connectivity index (χ1) is 12.2. The van der Waals surface area contributed by atoms with E-state index in [1.54, 1.807) is 32.1 Å². The Morgan fingerprint density at radius 1 is 1.31 bits per heavy atom. The summed E-state index contributed by atoms with van der Waals surface area (Å²) < 4.78 is 14.7. The summed E-state index contributed by atoms with van der Waals surface area (Å²) in [6.45, 7) is 0.629.